The topological polar surface area (TPSA) is 80.8 Å². The van der Waals surface area contributed by atoms with Crippen molar-refractivity contribution < 1.29 is 32.2 Å². The maximum atomic E-state index is 13.4. The number of anilines is 1. The van der Waals surface area contributed by atoms with Crippen LogP contribution in [-0.4, -0.2) is 40.6 Å². The molecule has 10 heteroatoms. The van der Waals surface area contributed by atoms with E-state index in [1.807, 2.05) is 30.3 Å². The summed E-state index contributed by atoms with van der Waals surface area (Å²) < 4.78 is 49.4. The smallest absolute Gasteiger partial charge is 0.433 e. The van der Waals surface area contributed by atoms with Crippen LogP contribution in [0.15, 0.2) is 72.9 Å². The number of rotatable bonds is 5. The van der Waals surface area contributed by atoms with Crippen molar-refractivity contribution in [3.8, 4) is 11.5 Å². The van der Waals surface area contributed by atoms with E-state index in [2.05, 4.69) is 10.3 Å². The average Bonchev–Trinajstić information content (AvgIpc) is 3.30. The van der Waals surface area contributed by atoms with E-state index in [-0.39, 0.29) is 24.1 Å². The van der Waals surface area contributed by atoms with Gasteiger partial charge in [-0.3, -0.25) is 4.79 Å². The molecule has 0 spiro atoms. The van der Waals surface area contributed by atoms with Crippen LogP contribution in [-0.2, 0) is 15.7 Å². The fraction of sp³-hybridized carbons (Fsp3) is 0.321. The Balaban J connectivity index is 1.48. The number of carbonyl (C=O) groups is 2. The van der Waals surface area contributed by atoms with Crippen molar-refractivity contribution in [2.24, 2.45) is 5.92 Å². The lowest BCUT2D eigenvalue weighted by atomic mass is 9.88. The third-order valence-corrected chi connectivity index (χ3v) is 5.90. The van der Waals surface area contributed by atoms with Crippen LogP contribution in [0.2, 0.25) is 0 Å². The number of carbonyl (C=O) groups excluding carboxylic acids is 2. The maximum Gasteiger partial charge on any atom is 0.433 e. The Morgan fingerprint density at radius 1 is 0.947 bits per heavy atom. The van der Waals surface area contributed by atoms with E-state index >= 15 is 0 Å². The Labute approximate surface area is 218 Å². The van der Waals surface area contributed by atoms with Crippen molar-refractivity contribution >= 4 is 17.7 Å². The van der Waals surface area contributed by atoms with Gasteiger partial charge in [0.2, 0.25) is 5.91 Å². The first-order valence-electron chi connectivity index (χ1n) is 12.0. The number of nitrogens with zero attached hydrogens (tertiary/aromatic N) is 2. The van der Waals surface area contributed by atoms with Gasteiger partial charge in [0.15, 0.2) is 0 Å². The summed E-state index contributed by atoms with van der Waals surface area (Å²) in [5.74, 6) is -0.617. The molecule has 0 saturated carbocycles. The minimum Gasteiger partial charge on any atom is -0.456 e. The predicted octanol–water partition coefficient (Wildman–Crippen LogP) is 6.48. The van der Waals surface area contributed by atoms with E-state index in [9.17, 15) is 22.8 Å². The third kappa shape index (κ3) is 6.81. The molecule has 200 valence electrons. The van der Waals surface area contributed by atoms with Gasteiger partial charge in [-0.05, 0) is 50.6 Å². The van der Waals surface area contributed by atoms with Gasteiger partial charge >= 0.3 is 12.3 Å². The van der Waals surface area contributed by atoms with E-state index < -0.39 is 29.5 Å². The monoisotopic (exact) mass is 527 g/mol. The van der Waals surface area contributed by atoms with Crippen LogP contribution in [0.3, 0.4) is 0 Å². The van der Waals surface area contributed by atoms with Crippen LogP contribution in [0.4, 0.5) is 23.7 Å². The van der Waals surface area contributed by atoms with Gasteiger partial charge in [0.1, 0.15) is 22.8 Å². The van der Waals surface area contributed by atoms with Crippen LogP contribution < -0.4 is 10.1 Å². The highest BCUT2D eigenvalue weighted by atomic mass is 19.4. The lowest BCUT2D eigenvalue weighted by molar-refractivity contribution is -0.141. The quantitative estimate of drug-likeness (QED) is 0.411. The number of alkyl halides is 3. The lowest BCUT2D eigenvalue weighted by Gasteiger charge is -2.24. The Bertz CT molecular complexity index is 1270. The summed E-state index contributed by atoms with van der Waals surface area (Å²) in [6.45, 7) is 5.88. The zero-order valence-electron chi connectivity index (χ0n) is 21.2. The lowest BCUT2D eigenvalue weighted by Crippen LogP contribution is -2.36. The first-order chi connectivity index (χ1) is 17.9. The number of likely N-dealkylation sites (tertiary alicyclic amines) is 1. The highest BCUT2D eigenvalue weighted by Crippen LogP contribution is 2.35. The van der Waals surface area contributed by atoms with Crippen molar-refractivity contribution in [1.82, 2.24) is 9.88 Å². The molecule has 1 aliphatic heterocycles. The summed E-state index contributed by atoms with van der Waals surface area (Å²) in [7, 11) is 0. The SMILES string of the molecule is CC(C)(C)OC(=O)N1C[C@@H](C(=O)Nc2cccc(Oc3ccc(C(F)(F)F)nc3)c2)[C@H](c2ccccc2)C1. The highest BCUT2D eigenvalue weighted by molar-refractivity contribution is 5.94. The zero-order valence-corrected chi connectivity index (χ0v) is 21.2. The maximum absolute atomic E-state index is 13.4. The van der Waals surface area contributed by atoms with Gasteiger partial charge in [-0.25, -0.2) is 9.78 Å². The van der Waals surface area contributed by atoms with E-state index in [1.54, 1.807) is 49.9 Å². The zero-order chi connectivity index (χ0) is 27.5. The van der Waals surface area contributed by atoms with E-state index in [1.165, 1.54) is 6.07 Å². The van der Waals surface area contributed by atoms with Gasteiger partial charge in [-0.15, -0.1) is 0 Å². The normalized spacial score (nSPS) is 17.7. The predicted molar refractivity (Wildman–Crippen MR) is 135 cm³/mol. The molecular formula is C28H28F3N3O4. The van der Waals surface area contributed by atoms with Gasteiger partial charge in [-0.2, -0.15) is 13.2 Å². The second kappa shape index (κ2) is 10.7. The molecule has 1 aliphatic rings. The molecule has 0 radical (unpaired) electrons. The van der Waals surface area contributed by atoms with Crippen molar-refractivity contribution in [1.29, 1.82) is 0 Å². The Morgan fingerprint density at radius 2 is 1.68 bits per heavy atom. The molecule has 1 saturated heterocycles. The van der Waals surface area contributed by atoms with Crippen LogP contribution in [0.5, 0.6) is 11.5 Å². The van der Waals surface area contributed by atoms with Crippen LogP contribution in [0, 0.1) is 5.92 Å². The molecule has 2 amide bonds. The van der Waals surface area contributed by atoms with Crippen molar-refractivity contribution in [3.63, 3.8) is 0 Å². The number of nitrogens with one attached hydrogen (secondary N) is 1. The first-order valence-corrected chi connectivity index (χ1v) is 12.0. The largest absolute Gasteiger partial charge is 0.456 e. The van der Waals surface area contributed by atoms with E-state index in [4.69, 9.17) is 9.47 Å². The van der Waals surface area contributed by atoms with Gasteiger partial charge in [0, 0.05) is 30.8 Å². The molecule has 4 rings (SSSR count). The molecule has 2 aromatic carbocycles. The molecule has 2 atom stereocenters. The molecule has 1 aromatic heterocycles. The molecule has 7 nitrogen and oxygen atoms in total. The van der Waals surface area contributed by atoms with Crippen molar-refractivity contribution in [3.05, 3.63) is 84.2 Å². The average molecular weight is 528 g/mol. The van der Waals surface area contributed by atoms with Crippen molar-refractivity contribution in [2.75, 3.05) is 18.4 Å². The standard InChI is InChI=1S/C28H28F3N3O4/c1-27(2,3)38-26(36)34-16-22(18-8-5-4-6-9-18)23(17-34)25(35)33-19-10-7-11-20(14-19)37-21-12-13-24(32-15-21)28(29,30)31/h4-15,22-23H,16-17H2,1-3H3,(H,33,35)/t22-,23+/m0/s1. The molecule has 3 aromatic rings. The molecular weight excluding hydrogens is 499 g/mol. The van der Waals surface area contributed by atoms with Crippen molar-refractivity contribution in [2.45, 2.75) is 38.5 Å². The van der Waals surface area contributed by atoms with Crippen LogP contribution in [0.25, 0.3) is 0 Å². The molecule has 38 heavy (non-hydrogen) atoms. The summed E-state index contributed by atoms with van der Waals surface area (Å²) in [5, 5.41) is 2.88. The Kier molecular flexibility index (Phi) is 7.61. The number of pyridine rings is 1. The second-order valence-corrected chi connectivity index (χ2v) is 10.0. The fourth-order valence-corrected chi connectivity index (χ4v) is 4.20. The van der Waals surface area contributed by atoms with Gasteiger partial charge in [0.25, 0.3) is 0 Å². The number of ether oxygens (including phenoxy) is 2. The number of hydrogen-bond donors (Lipinski definition) is 1. The minimum atomic E-state index is -4.54. The summed E-state index contributed by atoms with van der Waals surface area (Å²) in [4.78, 5) is 31.1. The Hall–Kier alpha value is -4.08. The number of aromatic nitrogens is 1. The number of benzene rings is 2. The van der Waals surface area contributed by atoms with Crippen LogP contribution in [0.1, 0.15) is 37.9 Å². The van der Waals surface area contributed by atoms with Gasteiger partial charge in [0.05, 0.1) is 12.1 Å². The number of hydrogen-bond acceptors (Lipinski definition) is 5. The first kappa shape index (κ1) is 27.0. The summed E-state index contributed by atoms with van der Waals surface area (Å²) in [5.41, 5.74) is -0.306. The molecule has 0 aliphatic carbocycles. The molecule has 0 unspecified atom stereocenters. The van der Waals surface area contributed by atoms with E-state index in [0.717, 1.165) is 17.8 Å². The Morgan fingerprint density at radius 3 is 2.32 bits per heavy atom. The third-order valence-electron chi connectivity index (χ3n) is 5.90. The fourth-order valence-electron chi connectivity index (χ4n) is 4.20. The second-order valence-electron chi connectivity index (χ2n) is 10.0. The summed E-state index contributed by atoms with van der Waals surface area (Å²) in [6.07, 6.45) is -4.03. The van der Waals surface area contributed by atoms with Gasteiger partial charge < -0.3 is 19.7 Å². The molecule has 0 bridgehead atoms. The molecule has 1 N–H and O–H groups in total. The van der Waals surface area contributed by atoms with Crippen LogP contribution >= 0.6 is 0 Å². The van der Waals surface area contributed by atoms with Gasteiger partial charge in [-0.1, -0.05) is 36.4 Å². The van der Waals surface area contributed by atoms with E-state index in [0.29, 0.717) is 18.0 Å². The number of halogens is 3. The highest BCUT2D eigenvalue weighted by Gasteiger charge is 2.41. The summed E-state index contributed by atoms with van der Waals surface area (Å²) in [6, 6.07) is 18.0. The molecule has 1 fully saturated rings. The minimum absolute atomic E-state index is 0.120. The summed E-state index contributed by atoms with van der Waals surface area (Å²) >= 11 is 0. The number of amides is 2. The molecule has 2 heterocycles.